The Hall–Kier alpha value is -1.34. The van der Waals surface area contributed by atoms with Crippen LogP contribution >= 0.6 is 22.9 Å². The van der Waals surface area contributed by atoms with Crippen LogP contribution in [-0.4, -0.2) is 9.97 Å². The number of pyridine rings is 1. The average molecular weight is 280 g/mol. The lowest BCUT2D eigenvalue weighted by molar-refractivity contribution is -0.134. The Balaban J connectivity index is 2.44. The minimum absolute atomic E-state index is 0.131. The predicted molar refractivity (Wildman–Crippen MR) is 59.8 cm³/mol. The molecule has 2 rings (SSSR count). The van der Waals surface area contributed by atoms with E-state index in [1.807, 2.05) is 0 Å². The Labute approximate surface area is 103 Å². The Kier molecular flexibility index (Phi) is 2.96. The molecule has 0 aliphatic heterocycles. The molecule has 0 radical (unpaired) electrons. The highest BCUT2D eigenvalue weighted by Crippen LogP contribution is 2.36. The molecule has 2 aromatic heterocycles. The van der Waals surface area contributed by atoms with E-state index in [0.29, 0.717) is 16.4 Å². The van der Waals surface area contributed by atoms with Crippen LogP contribution < -0.4 is 5.73 Å². The molecule has 2 N–H and O–H groups in total. The fourth-order valence-electron chi connectivity index (χ4n) is 1.15. The molecule has 90 valence electrons. The lowest BCUT2D eigenvalue weighted by Crippen LogP contribution is -2.00. The molecular weight excluding hydrogens is 275 g/mol. The molecule has 2 aromatic rings. The second-order valence-corrected chi connectivity index (χ2v) is 4.59. The smallest absolute Gasteiger partial charge is 0.384 e. The summed E-state index contributed by atoms with van der Waals surface area (Å²) in [5, 5.41) is 0.433. The fraction of sp³-hybridized carbons (Fsp3) is 0.111. The van der Waals surface area contributed by atoms with Crippen LogP contribution in [0.25, 0.3) is 10.7 Å². The van der Waals surface area contributed by atoms with Crippen molar-refractivity contribution in [2.24, 2.45) is 0 Å². The minimum atomic E-state index is -4.40. The van der Waals surface area contributed by atoms with Crippen LogP contribution in [0.4, 0.5) is 19.0 Å². The van der Waals surface area contributed by atoms with Gasteiger partial charge in [-0.3, -0.25) is 0 Å². The number of thiazole rings is 1. The standard InChI is InChI=1S/C9H5ClF3N3S/c10-4-1-5(16-7(14)2-4)8-15-3-6(17-8)9(11,12)13/h1-3H,(H2,14,16). The second kappa shape index (κ2) is 4.15. The predicted octanol–water partition coefficient (Wildman–Crippen LogP) is 3.46. The molecule has 0 spiro atoms. The number of nitrogen functional groups attached to an aromatic ring is 1. The van der Waals surface area contributed by atoms with E-state index in [-0.39, 0.29) is 16.5 Å². The van der Waals surface area contributed by atoms with Crippen molar-refractivity contribution in [3.8, 4) is 10.7 Å². The zero-order chi connectivity index (χ0) is 12.6. The van der Waals surface area contributed by atoms with Gasteiger partial charge in [0.2, 0.25) is 0 Å². The number of halogens is 4. The van der Waals surface area contributed by atoms with Gasteiger partial charge < -0.3 is 5.73 Å². The molecule has 0 aliphatic rings. The summed E-state index contributed by atoms with van der Waals surface area (Å²) >= 11 is 6.23. The molecule has 0 saturated carbocycles. The van der Waals surface area contributed by atoms with Crippen molar-refractivity contribution in [2.75, 3.05) is 5.73 Å². The summed E-state index contributed by atoms with van der Waals surface area (Å²) in [7, 11) is 0. The number of nitrogens with two attached hydrogens (primary N) is 1. The van der Waals surface area contributed by atoms with Crippen LogP contribution in [0.15, 0.2) is 18.3 Å². The monoisotopic (exact) mass is 279 g/mol. The van der Waals surface area contributed by atoms with Crippen molar-refractivity contribution in [3.63, 3.8) is 0 Å². The van der Waals surface area contributed by atoms with E-state index in [1.165, 1.54) is 12.1 Å². The Morgan fingerprint density at radius 2 is 2.00 bits per heavy atom. The largest absolute Gasteiger partial charge is 0.427 e. The van der Waals surface area contributed by atoms with Gasteiger partial charge in [0.1, 0.15) is 21.4 Å². The third-order valence-electron chi connectivity index (χ3n) is 1.81. The van der Waals surface area contributed by atoms with E-state index < -0.39 is 11.1 Å². The molecule has 0 saturated heterocycles. The second-order valence-electron chi connectivity index (χ2n) is 3.12. The van der Waals surface area contributed by atoms with E-state index in [0.717, 1.165) is 6.20 Å². The first-order valence-electron chi connectivity index (χ1n) is 4.33. The molecule has 0 atom stereocenters. The average Bonchev–Trinajstić information content (AvgIpc) is 2.63. The van der Waals surface area contributed by atoms with Crippen molar-refractivity contribution >= 4 is 28.8 Å². The number of rotatable bonds is 1. The van der Waals surface area contributed by atoms with Gasteiger partial charge in [0.05, 0.1) is 6.20 Å². The minimum Gasteiger partial charge on any atom is -0.384 e. The fourth-order valence-corrected chi connectivity index (χ4v) is 2.11. The molecule has 8 heteroatoms. The summed E-state index contributed by atoms with van der Waals surface area (Å²) in [5.74, 6) is 0.135. The van der Waals surface area contributed by atoms with E-state index in [9.17, 15) is 13.2 Å². The van der Waals surface area contributed by atoms with Gasteiger partial charge >= 0.3 is 6.18 Å². The number of hydrogen-bond acceptors (Lipinski definition) is 4. The molecular formula is C9H5ClF3N3S. The van der Waals surface area contributed by atoms with Gasteiger partial charge in [-0.1, -0.05) is 11.6 Å². The van der Waals surface area contributed by atoms with Crippen molar-refractivity contribution < 1.29 is 13.2 Å². The van der Waals surface area contributed by atoms with E-state index >= 15 is 0 Å². The Bertz CT molecular complexity index is 532. The van der Waals surface area contributed by atoms with Crippen LogP contribution in [0.5, 0.6) is 0 Å². The van der Waals surface area contributed by atoms with Gasteiger partial charge in [-0.25, -0.2) is 9.97 Å². The summed E-state index contributed by atoms with van der Waals surface area (Å²) in [5.41, 5.74) is 5.68. The maximum absolute atomic E-state index is 12.4. The third-order valence-corrected chi connectivity index (χ3v) is 3.10. The molecule has 0 bridgehead atoms. The topological polar surface area (TPSA) is 51.8 Å². The van der Waals surface area contributed by atoms with Crippen molar-refractivity contribution in [3.05, 3.63) is 28.2 Å². The van der Waals surface area contributed by atoms with Gasteiger partial charge in [-0.05, 0) is 12.1 Å². The van der Waals surface area contributed by atoms with Gasteiger partial charge in [-0.2, -0.15) is 13.2 Å². The first-order valence-corrected chi connectivity index (χ1v) is 5.52. The lowest BCUT2D eigenvalue weighted by atomic mass is 10.3. The molecule has 0 fully saturated rings. The zero-order valence-electron chi connectivity index (χ0n) is 8.12. The number of nitrogens with zero attached hydrogens (tertiary/aromatic N) is 2. The Morgan fingerprint density at radius 3 is 2.53 bits per heavy atom. The molecule has 0 aliphatic carbocycles. The molecule has 17 heavy (non-hydrogen) atoms. The highest BCUT2D eigenvalue weighted by atomic mass is 35.5. The van der Waals surface area contributed by atoms with Gasteiger partial charge in [0.15, 0.2) is 0 Å². The number of hydrogen-bond donors (Lipinski definition) is 1. The van der Waals surface area contributed by atoms with Crippen LogP contribution in [0.2, 0.25) is 5.02 Å². The number of anilines is 1. The highest BCUT2D eigenvalue weighted by Gasteiger charge is 2.33. The lowest BCUT2D eigenvalue weighted by Gasteiger charge is -2.00. The van der Waals surface area contributed by atoms with Gasteiger partial charge in [-0.15, -0.1) is 11.3 Å². The molecule has 0 unspecified atom stereocenters. The zero-order valence-corrected chi connectivity index (χ0v) is 9.70. The van der Waals surface area contributed by atoms with E-state index in [4.69, 9.17) is 17.3 Å². The molecule has 0 amide bonds. The van der Waals surface area contributed by atoms with Crippen molar-refractivity contribution in [1.82, 2.24) is 9.97 Å². The van der Waals surface area contributed by atoms with Crippen LogP contribution in [0.3, 0.4) is 0 Å². The molecule has 3 nitrogen and oxygen atoms in total. The number of alkyl halides is 3. The Morgan fingerprint density at radius 1 is 1.29 bits per heavy atom. The van der Waals surface area contributed by atoms with Crippen molar-refractivity contribution in [1.29, 1.82) is 0 Å². The van der Waals surface area contributed by atoms with Crippen molar-refractivity contribution in [2.45, 2.75) is 6.18 Å². The maximum Gasteiger partial charge on any atom is 0.427 e. The molecule has 0 aromatic carbocycles. The summed E-state index contributed by atoms with van der Waals surface area (Å²) in [6.07, 6.45) is -3.64. The maximum atomic E-state index is 12.4. The first kappa shape index (κ1) is 12.1. The summed E-state index contributed by atoms with van der Waals surface area (Å²) in [4.78, 5) is 6.75. The van der Waals surface area contributed by atoms with Crippen LogP contribution in [0.1, 0.15) is 4.88 Å². The quantitative estimate of drug-likeness (QED) is 0.870. The van der Waals surface area contributed by atoms with Gasteiger partial charge in [0.25, 0.3) is 0 Å². The van der Waals surface area contributed by atoms with Gasteiger partial charge in [0, 0.05) is 5.02 Å². The highest BCUT2D eigenvalue weighted by molar-refractivity contribution is 7.15. The van der Waals surface area contributed by atoms with Crippen LogP contribution in [-0.2, 0) is 6.18 Å². The normalized spacial score (nSPS) is 11.8. The van der Waals surface area contributed by atoms with E-state index in [1.54, 1.807) is 0 Å². The van der Waals surface area contributed by atoms with E-state index in [2.05, 4.69) is 9.97 Å². The summed E-state index contributed by atoms with van der Waals surface area (Å²) in [6, 6.07) is 2.82. The molecule has 2 heterocycles. The summed E-state index contributed by atoms with van der Waals surface area (Å²) < 4.78 is 37.1. The third kappa shape index (κ3) is 2.67. The van der Waals surface area contributed by atoms with Crippen LogP contribution in [0, 0.1) is 0 Å². The summed E-state index contributed by atoms with van der Waals surface area (Å²) in [6.45, 7) is 0. The number of aromatic nitrogens is 2. The first-order chi connectivity index (χ1) is 7.86. The SMILES string of the molecule is Nc1cc(Cl)cc(-c2ncc(C(F)(F)F)s2)n1.